The molecule has 0 aliphatic rings. The molecule has 0 amide bonds. The van der Waals surface area contributed by atoms with Gasteiger partial charge in [-0.25, -0.2) is 0 Å². The molecule has 3 rings (SSSR count). The number of rotatable bonds is 4. The van der Waals surface area contributed by atoms with Crippen LogP contribution in [0.3, 0.4) is 0 Å². The van der Waals surface area contributed by atoms with E-state index in [9.17, 15) is 5.11 Å². The average Bonchev–Trinajstić information content (AvgIpc) is 2.93. The van der Waals surface area contributed by atoms with Gasteiger partial charge in [0.1, 0.15) is 0 Å². The summed E-state index contributed by atoms with van der Waals surface area (Å²) in [6.45, 7) is 1.75. The number of aliphatic hydroxyl groups excluding tert-OH is 1. The highest BCUT2D eigenvalue weighted by atomic mass is 16.5. The molecule has 4 nitrogen and oxygen atoms in total. The second-order valence-electron chi connectivity index (χ2n) is 4.93. The van der Waals surface area contributed by atoms with Crippen LogP contribution >= 0.6 is 0 Å². The third-order valence-corrected chi connectivity index (χ3v) is 3.27. The monoisotopic (exact) mass is 268 g/mol. The summed E-state index contributed by atoms with van der Waals surface area (Å²) in [5, 5.41) is 15.6. The average molecular weight is 268 g/mol. The molecule has 1 atom stereocenters. The molecular weight excluding hydrogens is 252 g/mol. The van der Waals surface area contributed by atoms with E-state index in [0.29, 0.717) is 24.6 Å². The third kappa shape index (κ3) is 2.56. The molecule has 1 N–H and O–H groups in total. The van der Waals surface area contributed by atoms with E-state index in [1.165, 1.54) is 0 Å². The highest BCUT2D eigenvalue weighted by molar-refractivity contribution is 5.94. The number of benzene rings is 2. The Labute approximate surface area is 117 Å². The van der Waals surface area contributed by atoms with Gasteiger partial charge in [-0.1, -0.05) is 47.6 Å². The molecule has 0 saturated heterocycles. The molecular formula is C16H16N2O2. The first kappa shape index (κ1) is 12.8. The second kappa shape index (κ2) is 5.43. The molecule has 0 bridgehead atoms. The molecule has 3 aromatic rings. The maximum atomic E-state index is 9.29. The summed E-state index contributed by atoms with van der Waals surface area (Å²) < 4.78 is 5.25. The predicted octanol–water partition coefficient (Wildman–Crippen LogP) is 3.20. The normalized spacial score (nSPS) is 12.7. The smallest absolute Gasteiger partial charge is 0.227 e. The molecule has 0 saturated carbocycles. The van der Waals surface area contributed by atoms with Crippen LogP contribution in [0.1, 0.15) is 19.2 Å². The van der Waals surface area contributed by atoms with Gasteiger partial charge in [-0.05, 0) is 24.1 Å². The summed E-state index contributed by atoms with van der Waals surface area (Å²) in [6, 6.07) is 14.2. The first-order chi connectivity index (χ1) is 9.74. The number of aliphatic hydroxyl groups is 1. The van der Waals surface area contributed by atoms with Gasteiger partial charge in [0.25, 0.3) is 0 Å². The van der Waals surface area contributed by atoms with Crippen molar-refractivity contribution in [3.63, 3.8) is 0 Å². The minimum absolute atomic E-state index is 0.358. The first-order valence-corrected chi connectivity index (χ1v) is 6.73. The molecule has 4 heteroatoms. The Balaban J connectivity index is 1.95. The molecule has 0 spiro atoms. The van der Waals surface area contributed by atoms with Crippen molar-refractivity contribution in [2.75, 3.05) is 0 Å². The first-order valence-electron chi connectivity index (χ1n) is 6.73. The largest absolute Gasteiger partial charge is 0.393 e. The lowest BCUT2D eigenvalue weighted by Gasteiger charge is -2.01. The number of nitrogens with zero attached hydrogens (tertiary/aromatic N) is 2. The summed E-state index contributed by atoms with van der Waals surface area (Å²) in [6.07, 6.45) is 0.856. The van der Waals surface area contributed by atoms with Crippen molar-refractivity contribution in [3.8, 4) is 11.4 Å². The van der Waals surface area contributed by atoms with E-state index >= 15 is 0 Å². The van der Waals surface area contributed by atoms with Crippen LogP contribution in [0.4, 0.5) is 0 Å². The lowest BCUT2D eigenvalue weighted by atomic mass is 10.0. The fourth-order valence-corrected chi connectivity index (χ4v) is 2.22. The summed E-state index contributed by atoms with van der Waals surface area (Å²) >= 11 is 0. The Morgan fingerprint density at radius 1 is 1.15 bits per heavy atom. The number of hydrogen-bond acceptors (Lipinski definition) is 4. The number of hydrogen-bond donors (Lipinski definition) is 1. The molecule has 0 aliphatic carbocycles. The van der Waals surface area contributed by atoms with E-state index in [4.69, 9.17) is 4.52 Å². The highest BCUT2D eigenvalue weighted by Crippen LogP contribution is 2.26. The molecule has 0 fully saturated rings. The standard InChI is InChI=1S/C16H16N2O2/c1-11(19)9-10-15-17-16(18-20-15)14-8-4-6-12-5-2-3-7-13(12)14/h2-8,11,19H,9-10H2,1H3. The van der Waals surface area contributed by atoms with Crippen LogP contribution < -0.4 is 0 Å². The fourth-order valence-electron chi connectivity index (χ4n) is 2.22. The molecule has 20 heavy (non-hydrogen) atoms. The molecule has 102 valence electrons. The van der Waals surface area contributed by atoms with E-state index in [1.807, 2.05) is 24.3 Å². The van der Waals surface area contributed by atoms with Crippen LogP contribution in [-0.2, 0) is 6.42 Å². The topological polar surface area (TPSA) is 59.2 Å². The zero-order valence-corrected chi connectivity index (χ0v) is 11.3. The Kier molecular flexibility index (Phi) is 3.48. The van der Waals surface area contributed by atoms with Crippen molar-refractivity contribution in [1.82, 2.24) is 10.1 Å². The van der Waals surface area contributed by atoms with Crippen molar-refractivity contribution in [2.24, 2.45) is 0 Å². The van der Waals surface area contributed by atoms with E-state index in [0.717, 1.165) is 16.3 Å². The summed E-state index contributed by atoms with van der Waals surface area (Å²) in [4.78, 5) is 4.41. The van der Waals surface area contributed by atoms with Crippen molar-refractivity contribution < 1.29 is 9.63 Å². The maximum Gasteiger partial charge on any atom is 0.227 e. The third-order valence-electron chi connectivity index (χ3n) is 3.27. The number of fused-ring (bicyclic) bond motifs is 1. The van der Waals surface area contributed by atoms with Gasteiger partial charge >= 0.3 is 0 Å². The van der Waals surface area contributed by atoms with Crippen molar-refractivity contribution >= 4 is 10.8 Å². The fraction of sp³-hybridized carbons (Fsp3) is 0.250. The molecule has 0 radical (unpaired) electrons. The summed E-state index contributed by atoms with van der Waals surface area (Å²) in [7, 11) is 0. The Bertz CT molecular complexity index is 714. The van der Waals surface area contributed by atoms with E-state index in [2.05, 4.69) is 28.3 Å². The van der Waals surface area contributed by atoms with Gasteiger partial charge in [0.15, 0.2) is 0 Å². The van der Waals surface area contributed by atoms with Gasteiger partial charge in [-0.15, -0.1) is 0 Å². The predicted molar refractivity (Wildman–Crippen MR) is 77.2 cm³/mol. The Morgan fingerprint density at radius 2 is 1.95 bits per heavy atom. The van der Waals surface area contributed by atoms with Crippen LogP contribution in [0.15, 0.2) is 47.0 Å². The highest BCUT2D eigenvalue weighted by Gasteiger charge is 2.11. The van der Waals surface area contributed by atoms with Crippen molar-refractivity contribution in [1.29, 1.82) is 0 Å². The van der Waals surface area contributed by atoms with E-state index < -0.39 is 0 Å². The summed E-state index contributed by atoms with van der Waals surface area (Å²) in [5.41, 5.74) is 0.968. The Morgan fingerprint density at radius 3 is 2.80 bits per heavy atom. The van der Waals surface area contributed by atoms with Gasteiger partial charge in [-0.3, -0.25) is 0 Å². The maximum absolute atomic E-state index is 9.29. The van der Waals surface area contributed by atoms with Gasteiger partial charge in [0.2, 0.25) is 11.7 Å². The quantitative estimate of drug-likeness (QED) is 0.789. The Hall–Kier alpha value is -2.20. The lowest BCUT2D eigenvalue weighted by Crippen LogP contribution is -2.01. The molecule has 2 aromatic carbocycles. The van der Waals surface area contributed by atoms with Crippen LogP contribution in [0.25, 0.3) is 22.2 Å². The zero-order chi connectivity index (χ0) is 13.9. The van der Waals surface area contributed by atoms with Gasteiger partial charge < -0.3 is 9.63 Å². The zero-order valence-electron chi connectivity index (χ0n) is 11.3. The molecule has 0 aliphatic heterocycles. The number of aryl methyl sites for hydroxylation is 1. The minimum Gasteiger partial charge on any atom is -0.393 e. The molecule has 1 aromatic heterocycles. The number of aromatic nitrogens is 2. The van der Waals surface area contributed by atoms with Crippen LogP contribution in [0, 0.1) is 0 Å². The van der Waals surface area contributed by atoms with Crippen LogP contribution in [0.5, 0.6) is 0 Å². The van der Waals surface area contributed by atoms with Crippen molar-refractivity contribution in [2.45, 2.75) is 25.9 Å². The van der Waals surface area contributed by atoms with Crippen molar-refractivity contribution in [3.05, 3.63) is 48.4 Å². The van der Waals surface area contributed by atoms with Gasteiger partial charge in [-0.2, -0.15) is 4.98 Å². The second-order valence-corrected chi connectivity index (χ2v) is 4.93. The molecule has 1 heterocycles. The van der Waals surface area contributed by atoms with Gasteiger partial charge in [0, 0.05) is 12.0 Å². The van der Waals surface area contributed by atoms with E-state index in [-0.39, 0.29) is 6.10 Å². The molecule has 1 unspecified atom stereocenters. The van der Waals surface area contributed by atoms with Gasteiger partial charge in [0.05, 0.1) is 6.10 Å². The van der Waals surface area contributed by atoms with E-state index in [1.54, 1.807) is 6.92 Å². The summed E-state index contributed by atoms with van der Waals surface area (Å²) in [5.74, 6) is 1.16. The SMILES string of the molecule is CC(O)CCc1nc(-c2cccc3ccccc23)no1. The van der Waals surface area contributed by atoms with Crippen LogP contribution in [0.2, 0.25) is 0 Å². The lowest BCUT2D eigenvalue weighted by molar-refractivity contribution is 0.180. The minimum atomic E-state index is -0.358. The van der Waals surface area contributed by atoms with Crippen LogP contribution in [-0.4, -0.2) is 21.4 Å².